The zero-order valence-electron chi connectivity index (χ0n) is 18.4. The zero-order chi connectivity index (χ0) is 24.1. The smallest absolute Gasteiger partial charge is 0.349 e. The van der Waals surface area contributed by atoms with Gasteiger partial charge >= 0.3 is 11.6 Å². The molecule has 0 atom stereocenters. The summed E-state index contributed by atoms with van der Waals surface area (Å²) in [6, 6.07) is 7.40. The first-order valence-electron chi connectivity index (χ1n) is 9.91. The summed E-state index contributed by atoms with van der Waals surface area (Å²) in [7, 11) is 4.31. The van der Waals surface area contributed by atoms with Crippen LogP contribution in [0.25, 0.3) is 11.0 Å². The third kappa shape index (κ3) is 4.95. The summed E-state index contributed by atoms with van der Waals surface area (Å²) < 4.78 is 27.0. The van der Waals surface area contributed by atoms with E-state index in [4.69, 9.17) is 23.4 Å². The van der Waals surface area contributed by atoms with E-state index in [1.54, 1.807) is 6.07 Å². The van der Waals surface area contributed by atoms with Crippen LogP contribution in [-0.2, 0) is 0 Å². The van der Waals surface area contributed by atoms with Gasteiger partial charge in [-0.25, -0.2) is 9.59 Å². The molecule has 0 fully saturated rings. The number of rotatable bonds is 8. The van der Waals surface area contributed by atoms with Crippen molar-refractivity contribution in [1.29, 1.82) is 0 Å². The lowest BCUT2D eigenvalue weighted by Crippen LogP contribution is -2.28. The topological polar surface area (TPSA) is 113 Å². The molecule has 10 heteroatoms. The molecular weight excluding hydrogens is 498 g/mol. The number of benzene rings is 2. The Morgan fingerprint density at radius 3 is 2.36 bits per heavy atom. The maximum atomic E-state index is 12.9. The van der Waals surface area contributed by atoms with Gasteiger partial charge < -0.3 is 28.7 Å². The van der Waals surface area contributed by atoms with Crippen LogP contribution in [0, 0.1) is 0 Å². The Balaban J connectivity index is 1.93. The first kappa shape index (κ1) is 24.1. The predicted molar refractivity (Wildman–Crippen MR) is 124 cm³/mol. The number of ether oxygens (including phenoxy) is 4. The van der Waals surface area contributed by atoms with Crippen molar-refractivity contribution in [3.05, 3.63) is 56.4 Å². The summed E-state index contributed by atoms with van der Waals surface area (Å²) in [5.74, 6) is -0.215. The molecule has 0 aliphatic rings. The van der Waals surface area contributed by atoms with E-state index < -0.39 is 17.5 Å². The second-order valence-corrected chi connectivity index (χ2v) is 7.59. The SMILES string of the molecule is CCCNC(=O)c1cc2ccc(OC(=O)c3cc(OC)c(OC)c(OC)c3Br)cc2oc1=O. The number of carbonyl (C=O) groups excluding carboxylic acids is 2. The molecule has 0 bridgehead atoms. The molecule has 33 heavy (non-hydrogen) atoms. The maximum Gasteiger partial charge on any atom is 0.349 e. The van der Waals surface area contributed by atoms with Crippen LogP contribution in [0.5, 0.6) is 23.0 Å². The number of esters is 1. The Kier molecular flexibility index (Phi) is 7.59. The van der Waals surface area contributed by atoms with E-state index in [0.29, 0.717) is 22.2 Å². The fourth-order valence-corrected chi connectivity index (χ4v) is 3.70. The summed E-state index contributed by atoms with van der Waals surface area (Å²) in [4.78, 5) is 37.3. The molecule has 9 nitrogen and oxygen atoms in total. The number of fused-ring (bicyclic) bond motifs is 1. The number of amides is 1. The minimum absolute atomic E-state index is 0.0953. The van der Waals surface area contributed by atoms with Gasteiger partial charge in [0.2, 0.25) is 5.75 Å². The third-order valence-electron chi connectivity index (χ3n) is 4.69. The van der Waals surface area contributed by atoms with Gasteiger partial charge in [0.25, 0.3) is 5.91 Å². The molecule has 0 aliphatic carbocycles. The molecular formula is C23H22BrNO8. The van der Waals surface area contributed by atoms with E-state index in [2.05, 4.69) is 21.2 Å². The van der Waals surface area contributed by atoms with Crippen LogP contribution >= 0.6 is 15.9 Å². The molecule has 3 rings (SSSR count). The van der Waals surface area contributed by atoms with Crippen LogP contribution < -0.4 is 29.9 Å². The minimum Gasteiger partial charge on any atom is -0.493 e. The Morgan fingerprint density at radius 1 is 1.00 bits per heavy atom. The lowest BCUT2D eigenvalue weighted by Gasteiger charge is -2.16. The number of hydrogen-bond acceptors (Lipinski definition) is 8. The van der Waals surface area contributed by atoms with Crippen LogP contribution in [0.3, 0.4) is 0 Å². The van der Waals surface area contributed by atoms with Crippen LogP contribution in [0.2, 0.25) is 0 Å². The Bertz CT molecular complexity index is 1270. The molecule has 0 saturated carbocycles. The molecule has 0 spiro atoms. The van der Waals surface area contributed by atoms with Gasteiger partial charge in [-0.2, -0.15) is 0 Å². The molecule has 1 N–H and O–H groups in total. The lowest BCUT2D eigenvalue weighted by atomic mass is 10.1. The standard InChI is InChI=1S/C23H22BrNO8/c1-5-8-25-21(26)15-9-12-6-7-13(10-16(12)33-23(15)28)32-22(27)14-11-17(29-2)19(30-3)20(31-4)18(14)24/h6-7,9-11H,5,8H2,1-4H3,(H,25,26). The number of nitrogens with one attached hydrogen (secondary N) is 1. The van der Waals surface area contributed by atoms with E-state index in [1.807, 2.05) is 6.92 Å². The van der Waals surface area contributed by atoms with E-state index in [1.165, 1.54) is 45.6 Å². The van der Waals surface area contributed by atoms with Crippen LogP contribution in [0.1, 0.15) is 34.1 Å². The van der Waals surface area contributed by atoms with Crippen LogP contribution in [0.4, 0.5) is 0 Å². The molecule has 0 aliphatic heterocycles. The van der Waals surface area contributed by atoms with Gasteiger partial charge in [0.1, 0.15) is 16.9 Å². The summed E-state index contributed by atoms with van der Waals surface area (Å²) >= 11 is 3.34. The summed E-state index contributed by atoms with van der Waals surface area (Å²) in [5, 5.41) is 3.14. The van der Waals surface area contributed by atoms with E-state index in [9.17, 15) is 14.4 Å². The second kappa shape index (κ2) is 10.4. The average molecular weight is 520 g/mol. The van der Waals surface area contributed by atoms with Gasteiger partial charge in [0.05, 0.1) is 31.4 Å². The van der Waals surface area contributed by atoms with Crippen molar-refractivity contribution in [2.45, 2.75) is 13.3 Å². The fourth-order valence-electron chi connectivity index (χ4n) is 3.08. The minimum atomic E-state index is -0.785. The summed E-state index contributed by atoms with van der Waals surface area (Å²) in [6.07, 6.45) is 0.738. The molecule has 0 saturated heterocycles. The monoisotopic (exact) mass is 519 g/mol. The van der Waals surface area contributed by atoms with E-state index >= 15 is 0 Å². The van der Waals surface area contributed by atoms with Crippen LogP contribution in [0.15, 0.2) is 44.0 Å². The van der Waals surface area contributed by atoms with Gasteiger partial charge in [0.15, 0.2) is 11.5 Å². The zero-order valence-corrected chi connectivity index (χ0v) is 20.0. The second-order valence-electron chi connectivity index (χ2n) is 6.80. The van der Waals surface area contributed by atoms with Gasteiger partial charge in [-0.3, -0.25) is 4.79 Å². The molecule has 1 heterocycles. The number of methoxy groups -OCH3 is 3. The fraction of sp³-hybridized carbons (Fsp3) is 0.261. The number of carbonyl (C=O) groups is 2. The van der Waals surface area contributed by atoms with Crippen molar-refractivity contribution < 1.29 is 33.0 Å². The summed E-state index contributed by atoms with van der Waals surface area (Å²) in [6.45, 7) is 2.35. The quantitative estimate of drug-likeness (QED) is 0.270. The predicted octanol–water partition coefficient (Wildman–Crippen LogP) is 3.94. The van der Waals surface area contributed by atoms with Gasteiger partial charge in [0, 0.05) is 18.0 Å². The largest absolute Gasteiger partial charge is 0.493 e. The highest BCUT2D eigenvalue weighted by atomic mass is 79.9. The van der Waals surface area contributed by atoms with Crippen LogP contribution in [-0.4, -0.2) is 39.8 Å². The first-order chi connectivity index (χ1) is 15.8. The van der Waals surface area contributed by atoms with E-state index in [-0.39, 0.29) is 34.0 Å². The van der Waals surface area contributed by atoms with Crippen molar-refractivity contribution in [2.75, 3.05) is 27.9 Å². The summed E-state index contributed by atoms with van der Waals surface area (Å²) in [5.41, 5.74) is -0.579. The number of halogens is 1. The molecule has 2 aromatic carbocycles. The van der Waals surface area contributed by atoms with Gasteiger partial charge in [-0.05, 0) is 46.6 Å². The molecule has 0 radical (unpaired) electrons. The highest BCUT2D eigenvalue weighted by Gasteiger charge is 2.24. The highest BCUT2D eigenvalue weighted by molar-refractivity contribution is 9.10. The van der Waals surface area contributed by atoms with E-state index in [0.717, 1.165) is 6.42 Å². The highest BCUT2D eigenvalue weighted by Crippen LogP contribution is 2.45. The van der Waals surface area contributed by atoms with Crippen molar-refractivity contribution in [3.8, 4) is 23.0 Å². The Labute approximate surface area is 197 Å². The van der Waals surface area contributed by atoms with Crippen molar-refractivity contribution in [2.24, 2.45) is 0 Å². The van der Waals surface area contributed by atoms with Crippen molar-refractivity contribution in [3.63, 3.8) is 0 Å². The van der Waals surface area contributed by atoms with Crippen molar-refractivity contribution in [1.82, 2.24) is 5.32 Å². The maximum absolute atomic E-state index is 12.9. The lowest BCUT2D eigenvalue weighted by molar-refractivity contribution is 0.0732. The Hall–Kier alpha value is -3.53. The third-order valence-corrected chi connectivity index (χ3v) is 5.47. The normalized spacial score (nSPS) is 10.6. The Morgan fingerprint density at radius 2 is 1.73 bits per heavy atom. The number of hydrogen-bond donors (Lipinski definition) is 1. The average Bonchev–Trinajstić information content (AvgIpc) is 2.81. The van der Waals surface area contributed by atoms with Crippen molar-refractivity contribution >= 4 is 38.8 Å². The molecule has 174 valence electrons. The van der Waals surface area contributed by atoms with Gasteiger partial charge in [-0.15, -0.1) is 0 Å². The first-order valence-corrected chi connectivity index (χ1v) is 10.7. The molecule has 1 amide bonds. The van der Waals surface area contributed by atoms with Gasteiger partial charge in [-0.1, -0.05) is 6.92 Å². The molecule has 3 aromatic rings. The molecule has 1 aromatic heterocycles. The molecule has 0 unspecified atom stereocenters.